The zero-order chi connectivity index (χ0) is 15.1. The molecule has 0 aliphatic carbocycles. The van der Waals surface area contributed by atoms with Crippen molar-refractivity contribution in [2.45, 2.75) is 43.7 Å². The summed E-state index contributed by atoms with van der Waals surface area (Å²) in [7, 11) is 0. The zero-order valence-corrected chi connectivity index (χ0v) is 10.8. The lowest BCUT2D eigenvalue weighted by atomic mass is 9.91. The Morgan fingerprint density at radius 2 is 2.25 bits per heavy atom. The Hall–Kier alpha value is -1.29. The number of aliphatic hydroxyl groups is 3. The van der Waals surface area contributed by atoms with Crippen LogP contribution in [0.3, 0.4) is 0 Å². The molecule has 114 valence electrons. The minimum Gasteiger partial charge on any atom is -0.394 e. The second kappa shape index (κ2) is 5.24. The average molecular weight is 292 g/mol. The molecule has 2 unspecified atom stereocenters. The summed E-state index contributed by atoms with van der Waals surface area (Å²) < 4.78 is 20.0. The maximum atomic E-state index is 14.9. The SMILES string of the molecule is CC(=O)[C@]1(F)C(N2CCC(O)NC2=O)O[C@H](CO)[C@H]1O. The molecule has 0 spiro atoms. The summed E-state index contributed by atoms with van der Waals surface area (Å²) in [6, 6.07) is -0.803. The Morgan fingerprint density at radius 1 is 1.60 bits per heavy atom. The van der Waals surface area contributed by atoms with Crippen molar-refractivity contribution in [2.24, 2.45) is 0 Å². The fourth-order valence-electron chi connectivity index (χ4n) is 2.47. The van der Waals surface area contributed by atoms with Gasteiger partial charge < -0.3 is 25.4 Å². The molecule has 2 amide bonds. The summed E-state index contributed by atoms with van der Waals surface area (Å²) in [5, 5.41) is 30.3. The first-order valence-corrected chi connectivity index (χ1v) is 6.22. The van der Waals surface area contributed by atoms with E-state index in [0.29, 0.717) is 0 Å². The van der Waals surface area contributed by atoms with Crippen molar-refractivity contribution in [1.29, 1.82) is 0 Å². The van der Waals surface area contributed by atoms with Crippen LogP contribution in [0.15, 0.2) is 0 Å². The molecular weight excluding hydrogens is 275 g/mol. The molecule has 0 aromatic carbocycles. The fraction of sp³-hybridized carbons (Fsp3) is 0.818. The van der Waals surface area contributed by atoms with Crippen molar-refractivity contribution >= 4 is 11.8 Å². The van der Waals surface area contributed by atoms with Crippen LogP contribution in [0, 0.1) is 0 Å². The molecule has 2 aliphatic rings. The lowest BCUT2D eigenvalue weighted by molar-refractivity contribution is -0.146. The normalized spacial score (nSPS) is 41.6. The number of aliphatic hydroxyl groups excluding tert-OH is 3. The number of carbonyl (C=O) groups is 2. The summed E-state index contributed by atoms with van der Waals surface area (Å²) in [6.45, 7) is 0.215. The Balaban J connectivity index is 2.29. The number of urea groups is 1. The van der Waals surface area contributed by atoms with Crippen LogP contribution in [0.2, 0.25) is 0 Å². The number of nitrogens with zero attached hydrogens (tertiary/aromatic N) is 1. The summed E-state index contributed by atoms with van der Waals surface area (Å²) in [4.78, 5) is 24.2. The first-order valence-electron chi connectivity index (χ1n) is 6.22. The lowest BCUT2D eigenvalue weighted by Gasteiger charge is -2.38. The van der Waals surface area contributed by atoms with Crippen molar-refractivity contribution in [3.8, 4) is 0 Å². The summed E-state index contributed by atoms with van der Waals surface area (Å²) >= 11 is 0. The van der Waals surface area contributed by atoms with Crippen LogP contribution in [0.25, 0.3) is 0 Å². The number of amides is 2. The zero-order valence-electron chi connectivity index (χ0n) is 10.8. The number of ether oxygens (including phenoxy) is 1. The van der Waals surface area contributed by atoms with Crippen LogP contribution in [0.5, 0.6) is 0 Å². The van der Waals surface area contributed by atoms with E-state index in [1.807, 2.05) is 0 Å². The molecular formula is C11H17FN2O6. The van der Waals surface area contributed by atoms with E-state index in [1.165, 1.54) is 0 Å². The maximum Gasteiger partial charge on any atom is 0.321 e. The van der Waals surface area contributed by atoms with Crippen LogP contribution in [0.4, 0.5) is 9.18 Å². The molecule has 0 aromatic rings. The van der Waals surface area contributed by atoms with Crippen molar-refractivity contribution < 1.29 is 34.0 Å². The van der Waals surface area contributed by atoms with Crippen LogP contribution in [0.1, 0.15) is 13.3 Å². The largest absolute Gasteiger partial charge is 0.394 e. The second-order valence-corrected chi connectivity index (χ2v) is 4.93. The molecule has 2 fully saturated rings. The van der Waals surface area contributed by atoms with Gasteiger partial charge in [-0.25, -0.2) is 9.18 Å². The molecule has 20 heavy (non-hydrogen) atoms. The topological polar surface area (TPSA) is 119 Å². The van der Waals surface area contributed by atoms with Gasteiger partial charge in [0.25, 0.3) is 0 Å². The molecule has 0 saturated carbocycles. The molecule has 0 aromatic heterocycles. The van der Waals surface area contributed by atoms with Gasteiger partial charge in [-0.1, -0.05) is 0 Å². The van der Waals surface area contributed by atoms with Crippen LogP contribution >= 0.6 is 0 Å². The lowest BCUT2D eigenvalue weighted by Crippen LogP contribution is -2.63. The first kappa shape index (κ1) is 15.1. The van der Waals surface area contributed by atoms with Crippen molar-refractivity contribution in [2.75, 3.05) is 13.2 Å². The maximum absolute atomic E-state index is 14.9. The Kier molecular flexibility index (Phi) is 3.96. The Labute approximate surface area is 114 Å². The predicted octanol–water partition coefficient (Wildman–Crippen LogP) is -1.90. The van der Waals surface area contributed by atoms with Crippen LogP contribution in [-0.4, -0.2) is 75.5 Å². The third kappa shape index (κ3) is 2.16. The van der Waals surface area contributed by atoms with Crippen molar-refractivity contribution in [3.05, 3.63) is 0 Å². The van der Waals surface area contributed by atoms with E-state index >= 15 is 0 Å². The number of alkyl halides is 1. The average Bonchev–Trinajstić information content (AvgIpc) is 2.64. The molecule has 2 saturated heterocycles. The molecule has 2 aliphatic heterocycles. The number of nitrogens with one attached hydrogen (secondary N) is 1. The van der Waals surface area contributed by atoms with Gasteiger partial charge in [0.05, 0.1) is 6.61 Å². The predicted molar refractivity (Wildman–Crippen MR) is 62.1 cm³/mol. The number of carbonyl (C=O) groups excluding carboxylic acids is 2. The molecule has 2 heterocycles. The standard InChI is InChI=1S/C11H17FN2O6/c1-5(16)11(12)8(18)6(4-15)20-9(11)14-3-2-7(17)13-10(14)19/h6-9,15,17-18H,2-4H2,1H3,(H,13,19)/t6-,7?,8-,9?,11-/m1/s1. The van der Waals surface area contributed by atoms with E-state index < -0.39 is 48.8 Å². The van der Waals surface area contributed by atoms with E-state index in [9.17, 15) is 24.2 Å². The molecule has 0 bridgehead atoms. The van der Waals surface area contributed by atoms with Crippen molar-refractivity contribution in [1.82, 2.24) is 10.2 Å². The highest BCUT2D eigenvalue weighted by Crippen LogP contribution is 2.38. The molecule has 2 rings (SSSR count). The van der Waals surface area contributed by atoms with E-state index in [4.69, 9.17) is 9.84 Å². The molecule has 0 radical (unpaired) electrons. The monoisotopic (exact) mass is 292 g/mol. The van der Waals surface area contributed by atoms with Gasteiger partial charge in [-0.15, -0.1) is 0 Å². The number of Topliss-reactive ketones (excluding diaryl/α,β-unsaturated/α-hetero) is 1. The highest BCUT2D eigenvalue weighted by molar-refractivity contribution is 5.88. The van der Waals surface area contributed by atoms with Gasteiger partial charge in [0.2, 0.25) is 5.67 Å². The minimum absolute atomic E-state index is 0.0402. The first-order chi connectivity index (χ1) is 9.32. The minimum atomic E-state index is -2.81. The Morgan fingerprint density at radius 3 is 2.75 bits per heavy atom. The van der Waals surface area contributed by atoms with Gasteiger partial charge in [-0.2, -0.15) is 0 Å². The summed E-state index contributed by atoms with van der Waals surface area (Å²) in [5.74, 6) is -0.995. The van der Waals surface area contributed by atoms with E-state index in [2.05, 4.69) is 5.32 Å². The van der Waals surface area contributed by atoms with Gasteiger partial charge in [0.1, 0.15) is 18.4 Å². The van der Waals surface area contributed by atoms with E-state index in [-0.39, 0.29) is 13.0 Å². The van der Waals surface area contributed by atoms with Crippen molar-refractivity contribution in [3.63, 3.8) is 0 Å². The quantitative estimate of drug-likeness (QED) is 0.482. The second-order valence-electron chi connectivity index (χ2n) is 4.93. The van der Waals surface area contributed by atoms with Gasteiger partial charge in [-0.3, -0.25) is 9.69 Å². The number of halogens is 1. The summed E-state index contributed by atoms with van der Waals surface area (Å²) in [6.07, 6.45) is -5.73. The van der Waals surface area contributed by atoms with Crippen LogP contribution < -0.4 is 5.32 Å². The van der Waals surface area contributed by atoms with Gasteiger partial charge in [0.15, 0.2) is 12.0 Å². The van der Waals surface area contributed by atoms with Gasteiger partial charge in [-0.05, 0) is 6.92 Å². The number of hydrogen-bond acceptors (Lipinski definition) is 6. The highest BCUT2D eigenvalue weighted by Gasteiger charge is 2.63. The fourth-order valence-corrected chi connectivity index (χ4v) is 2.47. The highest BCUT2D eigenvalue weighted by atomic mass is 19.1. The smallest absolute Gasteiger partial charge is 0.321 e. The number of ketones is 1. The van der Waals surface area contributed by atoms with Gasteiger partial charge in [0, 0.05) is 13.0 Å². The molecule has 5 atom stereocenters. The molecule has 8 nitrogen and oxygen atoms in total. The third-order valence-corrected chi connectivity index (χ3v) is 3.64. The Bertz CT molecular complexity index is 422. The van der Waals surface area contributed by atoms with E-state index in [0.717, 1.165) is 11.8 Å². The number of hydrogen-bond donors (Lipinski definition) is 4. The molecule has 9 heteroatoms. The molecule has 4 N–H and O–H groups in total. The van der Waals surface area contributed by atoms with Crippen LogP contribution in [-0.2, 0) is 9.53 Å². The third-order valence-electron chi connectivity index (χ3n) is 3.64. The van der Waals surface area contributed by atoms with Gasteiger partial charge >= 0.3 is 6.03 Å². The summed E-state index contributed by atoms with van der Waals surface area (Å²) in [5.41, 5.74) is -2.81. The number of rotatable bonds is 3. The van der Waals surface area contributed by atoms with E-state index in [1.54, 1.807) is 0 Å².